The van der Waals surface area contributed by atoms with Gasteiger partial charge in [0.05, 0.1) is 5.71 Å². The maximum absolute atomic E-state index is 12.1. The summed E-state index contributed by atoms with van der Waals surface area (Å²) in [5.74, 6) is -0.580. The maximum Gasteiger partial charge on any atom is 0.490 e. The van der Waals surface area contributed by atoms with Crippen molar-refractivity contribution in [2.24, 2.45) is 22.9 Å². The van der Waals surface area contributed by atoms with Crippen molar-refractivity contribution in [1.82, 2.24) is 5.32 Å². The van der Waals surface area contributed by atoms with E-state index in [9.17, 15) is 18.0 Å². The second kappa shape index (κ2) is 3.66. The van der Waals surface area contributed by atoms with Crippen molar-refractivity contribution in [2.45, 2.75) is 30.7 Å². The van der Waals surface area contributed by atoms with Gasteiger partial charge in [0.15, 0.2) is 5.60 Å². The standard InChI is InChI=1S/C12H13F3N2O3/c13-12(14,15)10(18)19-8-2-11(8)1-7(17-20-11)9-5-3-16-4-6(5)9/h5-6,8-9,16H,1-4H2. The molecule has 2 aliphatic carbocycles. The number of rotatable bonds is 2. The Kier molecular flexibility index (Phi) is 2.28. The van der Waals surface area contributed by atoms with Crippen molar-refractivity contribution in [1.29, 1.82) is 0 Å². The fourth-order valence-corrected chi connectivity index (χ4v) is 3.49. The number of ether oxygens (including phenoxy) is 1. The quantitative estimate of drug-likeness (QED) is 0.766. The van der Waals surface area contributed by atoms with Gasteiger partial charge in [-0.05, 0) is 24.9 Å². The zero-order valence-electron chi connectivity index (χ0n) is 10.4. The summed E-state index contributed by atoms with van der Waals surface area (Å²) in [5.41, 5.74) is 0.104. The minimum atomic E-state index is -4.95. The van der Waals surface area contributed by atoms with E-state index in [1.807, 2.05) is 0 Å². The minimum absolute atomic E-state index is 0.294. The lowest BCUT2D eigenvalue weighted by Gasteiger charge is -2.10. The van der Waals surface area contributed by atoms with Crippen molar-refractivity contribution >= 4 is 11.7 Å². The van der Waals surface area contributed by atoms with Gasteiger partial charge in [-0.1, -0.05) is 5.16 Å². The number of fused-ring (bicyclic) bond motifs is 1. The second-order valence-corrected chi connectivity index (χ2v) is 6.02. The van der Waals surface area contributed by atoms with E-state index in [1.165, 1.54) is 0 Å². The van der Waals surface area contributed by atoms with Gasteiger partial charge in [-0.25, -0.2) is 4.79 Å². The monoisotopic (exact) mass is 290 g/mol. The molecule has 4 aliphatic rings. The Labute approximate surface area is 112 Å². The summed E-state index contributed by atoms with van der Waals surface area (Å²) in [6, 6.07) is 0. The number of esters is 1. The summed E-state index contributed by atoms with van der Waals surface area (Å²) >= 11 is 0. The number of halogens is 3. The Bertz CT molecular complexity index is 497. The molecule has 0 aromatic rings. The third-order valence-electron chi connectivity index (χ3n) is 4.74. The summed E-state index contributed by atoms with van der Waals surface area (Å²) in [4.78, 5) is 16.1. The first kappa shape index (κ1) is 12.4. The van der Waals surface area contributed by atoms with Crippen LogP contribution in [0.4, 0.5) is 13.2 Å². The third-order valence-corrected chi connectivity index (χ3v) is 4.74. The highest BCUT2D eigenvalue weighted by molar-refractivity contribution is 5.92. The van der Waals surface area contributed by atoms with Gasteiger partial charge in [0.2, 0.25) is 0 Å². The average Bonchev–Trinajstić information content (AvgIpc) is 3.05. The van der Waals surface area contributed by atoms with Crippen LogP contribution in [0.1, 0.15) is 12.8 Å². The van der Waals surface area contributed by atoms with Crippen LogP contribution >= 0.6 is 0 Å². The molecule has 0 radical (unpaired) electrons. The van der Waals surface area contributed by atoms with Gasteiger partial charge in [-0.2, -0.15) is 13.2 Å². The summed E-state index contributed by atoms with van der Waals surface area (Å²) < 4.78 is 40.8. The lowest BCUT2D eigenvalue weighted by Crippen LogP contribution is -2.29. The van der Waals surface area contributed by atoms with Crippen molar-refractivity contribution in [3.63, 3.8) is 0 Å². The first-order valence-electron chi connectivity index (χ1n) is 6.64. The Balaban J connectivity index is 1.34. The van der Waals surface area contributed by atoms with E-state index in [0.29, 0.717) is 30.6 Å². The van der Waals surface area contributed by atoms with E-state index in [1.54, 1.807) is 0 Å². The number of carbonyl (C=O) groups is 1. The molecule has 2 aliphatic heterocycles. The fourth-order valence-electron chi connectivity index (χ4n) is 3.49. The number of alkyl halides is 3. The zero-order chi connectivity index (χ0) is 14.1. The zero-order valence-corrected chi connectivity index (χ0v) is 10.4. The first-order valence-corrected chi connectivity index (χ1v) is 6.64. The molecule has 4 atom stereocenters. The van der Waals surface area contributed by atoms with Crippen molar-refractivity contribution in [2.75, 3.05) is 13.1 Å². The van der Waals surface area contributed by atoms with Gasteiger partial charge in [0.1, 0.15) is 6.10 Å². The van der Waals surface area contributed by atoms with Crippen LogP contribution in [0.2, 0.25) is 0 Å². The minimum Gasteiger partial charge on any atom is -0.451 e. The van der Waals surface area contributed by atoms with Crippen LogP contribution in [0.3, 0.4) is 0 Å². The number of hydrogen-bond donors (Lipinski definition) is 1. The number of carbonyl (C=O) groups excluding carboxylic acids is 1. The van der Waals surface area contributed by atoms with E-state index >= 15 is 0 Å². The van der Waals surface area contributed by atoms with Crippen LogP contribution in [0, 0.1) is 17.8 Å². The van der Waals surface area contributed by atoms with Gasteiger partial charge in [-0.15, -0.1) is 0 Å². The van der Waals surface area contributed by atoms with Crippen LogP contribution in [0.15, 0.2) is 5.16 Å². The van der Waals surface area contributed by atoms with E-state index < -0.39 is 23.9 Å². The number of piperidine rings is 1. The number of nitrogens with one attached hydrogen (secondary N) is 1. The van der Waals surface area contributed by atoms with E-state index in [0.717, 1.165) is 18.8 Å². The molecule has 3 fully saturated rings. The highest BCUT2D eigenvalue weighted by atomic mass is 19.4. The molecule has 4 rings (SSSR count). The SMILES string of the molecule is O=C(OC1CC12CC(C1C3CNCC31)=NO2)C(F)(F)F. The van der Waals surface area contributed by atoms with Crippen molar-refractivity contribution < 1.29 is 27.5 Å². The van der Waals surface area contributed by atoms with Gasteiger partial charge in [0, 0.05) is 18.8 Å². The molecular formula is C12H13F3N2O3. The molecule has 0 aromatic carbocycles. The Hall–Kier alpha value is -1.31. The molecule has 2 saturated carbocycles. The van der Waals surface area contributed by atoms with Gasteiger partial charge < -0.3 is 14.9 Å². The molecule has 0 aromatic heterocycles. The summed E-state index contributed by atoms with van der Waals surface area (Å²) in [6.07, 6.45) is -5.00. The van der Waals surface area contributed by atoms with Gasteiger partial charge >= 0.3 is 12.1 Å². The van der Waals surface area contributed by atoms with Crippen molar-refractivity contribution in [3.05, 3.63) is 0 Å². The topological polar surface area (TPSA) is 59.9 Å². The van der Waals surface area contributed by atoms with Crippen LogP contribution in [0.5, 0.6) is 0 Å². The molecule has 20 heavy (non-hydrogen) atoms. The predicted octanol–water partition coefficient (Wildman–Crippen LogP) is 0.845. The molecule has 4 unspecified atom stereocenters. The summed E-state index contributed by atoms with van der Waals surface area (Å²) in [6.45, 7) is 1.93. The number of hydrogen-bond acceptors (Lipinski definition) is 5. The van der Waals surface area contributed by atoms with E-state index in [4.69, 9.17) is 4.84 Å². The summed E-state index contributed by atoms with van der Waals surface area (Å²) in [7, 11) is 0. The molecular weight excluding hydrogens is 277 g/mol. The third kappa shape index (κ3) is 1.73. The molecule has 5 nitrogen and oxygen atoms in total. The molecule has 1 N–H and O–H groups in total. The maximum atomic E-state index is 12.1. The molecule has 0 amide bonds. The predicted molar refractivity (Wildman–Crippen MR) is 59.8 cm³/mol. The number of nitrogens with zero attached hydrogens (tertiary/aromatic N) is 1. The lowest BCUT2D eigenvalue weighted by atomic mass is 10.1. The van der Waals surface area contributed by atoms with E-state index in [2.05, 4.69) is 15.2 Å². The summed E-state index contributed by atoms with van der Waals surface area (Å²) in [5, 5.41) is 7.30. The van der Waals surface area contributed by atoms with Gasteiger partial charge in [-0.3, -0.25) is 0 Å². The van der Waals surface area contributed by atoms with Gasteiger partial charge in [0.25, 0.3) is 0 Å². The molecule has 8 heteroatoms. The molecule has 1 spiro atoms. The molecule has 2 heterocycles. The Morgan fingerprint density at radius 3 is 2.75 bits per heavy atom. The Morgan fingerprint density at radius 1 is 1.40 bits per heavy atom. The second-order valence-electron chi connectivity index (χ2n) is 6.02. The molecule has 0 bridgehead atoms. The number of oxime groups is 1. The Morgan fingerprint density at radius 2 is 2.10 bits per heavy atom. The van der Waals surface area contributed by atoms with Crippen LogP contribution in [0.25, 0.3) is 0 Å². The van der Waals surface area contributed by atoms with Crippen molar-refractivity contribution in [3.8, 4) is 0 Å². The normalized spacial score (nSPS) is 44.9. The van der Waals surface area contributed by atoms with Crippen LogP contribution in [-0.4, -0.2) is 42.7 Å². The van der Waals surface area contributed by atoms with Crippen LogP contribution < -0.4 is 5.32 Å². The fraction of sp³-hybridized carbons (Fsp3) is 0.833. The highest BCUT2D eigenvalue weighted by Gasteiger charge is 2.68. The molecule has 1 saturated heterocycles. The largest absolute Gasteiger partial charge is 0.490 e. The lowest BCUT2D eigenvalue weighted by molar-refractivity contribution is -0.203. The average molecular weight is 290 g/mol. The van der Waals surface area contributed by atoms with Crippen LogP contribution in [-0.2, 0) is 14.4 Å². The first-order chi connectivity index (χ1) is 9.41. The smallest absolute Gasteiger partial charge is 0.451 e. The molecule has 110 valence electrons. The van der Waals surface area contributed by atoms with E-state index in [-0.39, 0.29) is 0 Å². The highest BCUT2D eigenvalue weighted by Crippen LogP contribution is 2.56.